The van der Waals surface area contributed by atoms with Crippen molar-refractivity contribution in [3.63, 3.8) is 0 Å². The summed E-state index contributed by atoms with van der Waals surface area (Å²) in [5.41, 5.74) is 2.17. The molecular weight excluding hydrogens is 370 g/mol. The third-order valence-corrected chi connectivity index (χ3v) is 4.93. The zero-order chi connectivity index (χ0) is 19.6. The number of ether oxygens (including phenoxy) is 1. The first-order chi connectivity index (χ1) is 14.3. The Morgan fingerprint density at radius 3 is 2.76 bits per heavy atom. The van der Waals surface area contributed by atoms with Crippen LogP contribution in [0.15, 0.2) is 66.2 Å². The van der Waals surface area contributed by atoms with E-state index in [-0.39, 0.29) is 17.6 Å². The molecule has 0 radical (unpaired) electrons. The van der Waals surface area contributed by atoms with Gasteiger partial charge in [-0.05, 0) is 24.3 Å². The third-order valence-electron chi connectivity index (χ3n) is 4.93. The molecule has 5 rings (SSSR count). The fourth-order valence-electron chi connectivity index (χ4n) is 3.46. The van der Waals surface area contributed by atoms with Gasteiger partial charge in [-0.15, -0.1) is 0 Å². The predicted octanol–water partition coefficient (Wildman–Crippen LogP) is 1.70. The number of fused-ring (bicyclic) bond motifs is 1. The molecule has 0 spiro atoms. The highest BCUT2D eigenvalue weighted by molar-refractivity contribution is 5.88. The van der Waals surface area contributed by atoms with Crippen molar-refractivity contribution in [3.8, 4) is 11.3 Å². The number of hydrogen-bond donors (Lipinski definition) is 1. The zero-order valence-corrected chi connectivity index (χ0v) is 15.3. The molecule has 1 saturated heterocycles. The van der Waals surface area contributed by atoms with Crippen LogP contribution in [0.25, 0.3) is 22.2 Å². The average molecular weight is 387 g/mol. The molecule has 0 aliphatic carbocycles. The lowest BCUT2D eigenvalue weighted by atomic mass is 10.1. The molecule has 144 valence electrons. The van der Waals surface area contributed by atoms with Crippen molar-refractivity contribution < 1.29 is 4.74 Å². The minimum atomic E-state index is -0.267. The summed E-state index contributed by atoms with van der Waals surface area (Å²) >= 11 is 0. The standard InChI is InChI=1S/C20H17N7O2/c28-19-2-1-15(13-3-6-21-7-4-13)26-27(19)18-11-29-10-17(18)25-20-14-5-8-22-9-16(14)23-12-24-20/h1-9,12,17-18H,10-11H2,(H,23,24,25). The van der Waals surface area contributed by atoms with Crippen LogP contribution >= 0.6 is 0 Å². The topological polar surface area (TPSA) is 108 Å². The summed E-state index contributed by atoms with van der Waals surface area (Å²) in [5.74, 6) is 0.677. The van der Waals surface area contributed by atoms with Crippen molar-refractivity contribution in [1.82, 2.24) is 29.7 Å². The largest absolute Gasteiger partial charge is 0.377 e. The van der Waals surface area contributed by atoms with Gasteiger partial charge in [-0.1, -0.05) is 0 Å². The highest BCUT2D eigenvalue weighted by atomic mass is 16.5. The Hall–Kier alpha value is -3.72. The molecular formula is C20H17N7O2. The van der Waals surface area contributed by atoms with Crippen LogP contribution in [0.1, 0.15) is 6.04 Å². The summed E-state index contributed by atoms with van der Waals surface area (Å²) in [6, 6.07) is 8.39. The molecule has 9 heteroatoms. The lowest BCUT2D eigenvalue weighted by Crippen LogP contribution is -2.37. The number of pyridine rings is 2. The number of aromatic nitrogens is 6. The number of nitrogens with zero attached hydrogens (tertiary/aromatic N) is 6. The second-order valence-electron chi connectivity index (χ2n) is 6.71. The molecule has 0 saturated carbocycles. The van der Waals surface area contributed by atoms with Crippen LogP contribution in [0, 0.1) is 0 Å². The van der Waals surface area contributed by atoms with E-state index in [1.54, 1.807) is 30.9 Å². The van der Waals surface area contributed by atoms with Gasteiger partial charge in [0.2, 0.25) is 0 Å². The number of hydrogen-bond acceptors (Lipinski definition) is 8. The Bertz CT molecular complexity index is 1210. The van der Waals surface area contributed by atoms with Crippen molar-refractivity contribution in [2.75, 3.05) is 18.5 Å². The van der Waals surface area contributed by atoms with Crippen LogP contribution < -0.4 is 10.9 Å². The van der Waals surface area contributed by atoms with Crippen molar-refractivity contribution in [2.24, 2.45) is 0 Å². The van der Waals surface area contributed by atoms with Crippen molar-refractivity contribution in [1.29, 1.82) is 0 Å². The van der Waals surface area contributed by atoms with E-state index in [9.17, 15) is 4.79 Å². The van der Waals surface area contributed by atoms with Crippen molar-refractivity contribution in [2.45, 2.75) is 12.1 Å². The van der Waals surface area contributed by atoms with Crippen LogP contribution in [0.5, 0.6) is 0 Å². The lowest BCUT2D eigenvalue weighted by molar-refractivity contribution is 0.183. The first-order valence-corrected chi connectivity index (χ1v) is 9.19. The highest BCUT2D eigenvalue weighted by Crippen LogP contribution is 2.25. The second-order valence-corrected chi connectivity index (χ2v) is 6.71. The van der Waals surface area contributed by atoms with Crippen LogP contribution in [0.4, 0.5) is 5.82 Å². The van der Waals surface area contributed by atoms with Gasteiger partial charge in [0.15, 0.2) is 0 Å². The molecule has 0 aromatic carbocycles. The normalized spacial score (nSPS) is 18.8. The van der Waals surface area contributed by atoms with E-state index in [4.69, 9.17) is 4.74 Å². The van der Waals surface area contributed by atoms with E-state index in [1.807, 2.05) is 18.2 Å². The van der Waals surface area contributed by atoms with E-state index >= 15 is 0 Å². The van der Waals surface area contributed by atoms with Gasteiger partial charge in [-0.3, -0.25) is 14.8 Å². The molecule has 1 aliphatic heterocycles. The van der Waals surface area contributed by atoms with E-state index < -0.39 is 0 Å². The molecule has 4 aromatic heterocycles. The average Bonchev–Trinajstić information content (AvgIpc) is 3.23. The first kappa shape index (κ1) is 17.4. The molecule has 4 aromatic rings. The van der Waals surface area contributed by atoms with E-state index in [1.165, 1.54) is 17.1 Å². The van der Waals surface area contributed by atoms with Gasteiger partial charge in [0.1, 0.15) is 18.2 Å². The Balaban J connectivity index is 1.49. The van der Waals surface area contributed by atoms with Gasteiger partial charge < -0.3 is 10.1 Å². The fourth-order valence-corrected chi connectivity index (χ4v) is 3.46. The van der Waals surface area contributed by atoms with Crippen molar-refractivity contribution in [3.05, 3.63) is 71.8 Å². The summed E-state index contributed by atoms with van der Waals surface area (Å²) in [4.78, 5) is 29.3. The molecule has 9 nitrogen and oxygen atoms in total. The monoisotopic (exact) mass is 387 g/mol. The second kappa shape index (κ2) is 7.36. The summed E-state index contributed by atoms with van der Waals surface area (Å²) in [7, 11) is 0. The Labute approximate surface area is 165 Å². The van der Waals surface area contributed by atoms with Gasteiger partial charge in [-0.25, -0.2) is 14.6 Å². The molecule has 2 atom stereocenters. The maximum atomic E-state index is 12.6. The predicted molar refractivity (Wildman–Crippen MR) is 106 cm³/mol. The van der Waals surface area contributed by atoms with Crippen LogP contribution in [-0.2, 0) is 4.74 Å². The van der Waals surface area contributed by atoms with Gasteiger partial charge in [0.05, 0.1) is 36.7 Å². The van der Waals surface area contributed by atoms with Gasteiger partial charge in [0.25, 0.3) is 5.56 Å². The SMILES string of the molecule is O=c1ccc(-c2ccncc2)nn1C1COCC1Nc1ncnc2cnccc12. The molecule has 0 amide bonds. The number of nitrogens with one attached hydrogen (secondary N) is 1. The Kier molecular flexibility index (Phi) is 4.41. The molecule has 29 heavy (non-hydrogen) atoms. The van der Waals surface area contributed by atoms with Crippen LogP contribution in [-0.4, -0.2) is 49.0 Å². The minimum Gasteiger partial charge on any atom is -0.377 e. The van der Waals surface area contributed by atoms with E-state index in [0.29, 0.717) is 24.7 Å². The number of anilines is 1. The minimum absolute atomic E-state index is 0.167. The van der Waals surface area contributed by atoms with Gasteiger partial charge in [-0.2, -0.15) is 5.10 Å². The Morgan fingerprint density at radius 1 is 1.00 bits per heavy atom. The Morgan fingerprint density at radius 2 is 1.86 bits per heavy atom. The maximum Gasteiger partial charge on any atom is 0.267 e. The van der Waals surface area contributed by atoms with Crippen LogP contribution in [0.2, 0.25) is 0 Å². The summed E-state index contributed by atoms with van der Waals surface area (Å²) in [6.07, 6.45) is 8.28. The highest BCUT2D eigenvalue weighted by Gasteiger charge is 2.32. The molecule has 1 aliphatic rings. The smallest absolute Gasteiger partial charge is 0.267 e. The summed E-state index contributed by atoms with van der Waals surface area (Å²) < 4.78 is 7.17. The fraction of sp³-hybridized carbons (Fsp3) is 0.200. The van der Waals surface area contributed by atoms with Gasteiger partial charge >= 0.3 is 0 Å². The van der Waals surface area contributed by atoms with Crippen LogP contribution in [0.3, 0.4) is 0 Å². The third kappa shape index (κ3) is 3.32. The van der Waals surface area contributed by atoms with Crippen molar-refractivity contribution >= 4 is 16.7 Å². The molecule has 1 N–H and O–H groups in total. The molecule has 1 fully saturated rings. The number of rotatable bonds is 4. The zero-order valence-electron chi connectivity index (χ0n) is 15.3. The maximum absolute atomic E-state index is 12.6. The molecule has 2 unspecified atom stereocenters. The first-order valence-electron chi connectivity index (χ1n) is 9.19. The lowest BCUT2D eigenvalue weighted by Gasteiger charge is -2.21. The summed E-state index contributed by atoms with van der Waals surface area (Å²) in [6.45, 7) is 0.823. The molecule has 5 heterocycles. The quantitative estimate of drug-likeness (QED) is 0.564. The van der Waals surface area contributed by atoms with E-state index in [2.05, 4.69) is 30.4 Å². The van der Waals surface area contributed by atoms with E-state index in [0.717, 1.165) is 16.5 Å². The van der Waals surface area contributed by atoms with Gasteiger partial charge in [0, 0.05) is 35.6 Å². The summed E-state index contributed by atoms with van der Waals surface area (Å²) in [5, 5.41) is 8.86. The molecule has 0 bridgehead atoms.